The molecule has 0 saturated carbocycles. The van der Waals surface area contributed by atoms with E-state index in [4.69, 9.17) is 9.47 Å². The van der Waals surface area contributed by atoms with Crippen LogP contribution in [0.5, 0.6) is 11.5 Å². The number of methoxy groups -OCH3 is 2. The van der Waals surface area contributed by atoms with Crippen molar-refractivity contribution in [2.45, 2.75) is 38.3 Å². The molecule has 3 aromatic rings. The molecule has 3 rings (SSSR count). The van der Waals surface area contributed by atoms with Crippen LogP contribution in [0.3, 0.4) is 0 Å². The highest BCUT2D eigenvalue weighted by atomic mass is 32.2. The van der Waals surface area contributed by atoms with E-state index in [0.29, 0.717) is 5.75 Å². The number of carbonyl (C=O) groups excluding carboxylic acids is 2. The predicted octanol–water partition coefficient (Wildman–Crippen LogP) is 3.82. The lowest BCUT2D eigenvalue weighted by Crippen LogP contribution is -2.50. The smallest absolute Gasteiger partial charge is 0.264 e. The fourth-order valence-corrected chi connectivity index (χ4v) is 5.74. The molecule has 0 unspecified atom stereocenters. The average molecular weight is 572 g/mol. The van der Waals surface area contributed by atoms with Crippen LogP contribution in [-0.2, 0) is 26.2 Å². The lowest BCUT2D eigenvalue weighted by atomic mass is 10.1. The summed E-state index contributed by atoms with van der Waals surface area (Å²) >= 11 is 0. The van der Waals surface area contributed by atoms with Gasteiger partial charge in [-0.2, -0.15) is 0 Å². The quantitative estimate of drug-likeness (QED) is 0.375. The van der Waals surface area contributed by atoms with Crippen molar-refractivity contribution in [2.75, 3.05) is 32.1 Å². The maximum atomic E-state index is 14.6. The molecule has 0 aliphatic carbocycles. The predicted molar refractivity (Wildman–Crippen MR) is 150 cm³/mol. The molecule has 1 atom stereocenters. The summed E-state index contributed by atoms with van der Waals surface area (Å²) in [5, 5.41) is 2.50. The van der Waals surface area contributed by atoms with Gasteiger partial charge in [0.1, 0.15) is 18.4 Å². The number of benzene rings is 3. The summed E-state index contributed by atoms with van der Waals surface area (Å²) in [5.74, 6) is -1.18. The summed E-state index contributed by atoms with van der Waals surface area (Å²) < 4.78 is 54.2. The number of aryl methyl sites for hydroxylation is 2. The molecule has 0 heterocycles. The van der Waals surface area contributed by atoms with Gasteiger partial charge in [0.2, 0.25) is 11.8 Å². The number of rotatable bonds is 11. The van der Waals surface area contributed by atoms with Gasteiger partial charge in [-0.05, 0) is 62.2 Å². The van der Waals surface area contributed by atoms with Gasteiger partial charge in [0, 0.05) is 25.2 Å². The third kappa shape index (κ3) is 6.71. The Balaban J connectivity index is 2.12. The van der Waals surface area contributed by atoms with Crippen LogP contribution in [0.4, 0.5) is 10.1 Å². The topological polar surface area (TPSA) is 105 Å². The van der Waals surface area contributed by atoms with E-state index in [0.717, 1.165) is 20.3 Å². The van der Waals surface area contributed by atoms with Crippen molar-refractivity contribution >= 4 is 27.5 Å². The van der Waals surface area contributed by atoms with Gasteiger partial charge in [-0.25, -0.2) is 12.8 Å². The summed E-state index contributed by atoms with van der Waals surface area (Å²) in [6, 6.07) is 14.2. The Labute approximate surface area is 234 Å². The first kappa shape index (κ1) is 30.4. The van der Waals surface area contributed by atoms with E-state index in [1.165, 1.54) is 64.6 Å². The van der Waals surface area contributed by atoms with Crippen molar-refractivity contribution in [3.05, 3.63) is 83.2 Å². The molecule has 0 aromatic heterocycles. The van der Waals surface area contributed by atoms with Crippen molar-refractivity contribution in [1.29, 1.82) is 0 Å². The first-order valence-electron chi connectivity index (χ1n) is 12.5. The zero-order chi connectivity index (χ0) is 29.6. The maximum Gasteiger partial charge on any atom is 0.264 e. The van der Waals surface area contributed by atoms with Crippen LogP contribution < -0.4 is 19.1 Å². The van der Waals surface area contributed by atoms with Crippen molar-refractivity contribution in [1.82, 2.24) is 10.2 Å². The highest BCUT2D eigenvalue weighted by Crippen LogP contribution is 2.33. The van der Waals surface area contributed by atoms with Crippen molar-refractivity contribution < 1.29 is 31.9 Å². The minimum Gasteiger partial charge on any atom is -0.493 e. The SMILES string of the molecule is CNC(=O)[C@H](C)N(Cc1ccccc1F)C(=O)CN(c1cc(C)cc(C)c1)S(=O)(=O)c1ccc(OC)c(OC)c1. The first-order chi connectivity index (χ1) is 18.9. The van der Waals surface area contributed by atoms with Crippen LogP contribution in [0.1, 0.15) is 23.6 Å². The van der Waals surface area contributed by atoms with Gasteiger partial charge in [-0.15, -0.1) is 0 Å². The Morgan fingerprint density at radius 2 is 1.57 bits per heavy atom. The number of ether oxygens (including phenoxy) is 2. The number of nitrogens with one attached hydrogen (secondary N) is 1. The van der Waals surface area contributed by atoms with E-state index in [1.807, 2.05) is 19.9 Å². The Hall–Kier alpha value is -4.12. The number of hydrogen-bond acceptors (Lipinski definition) is 6. The number of hydrogen-bond donors (Lipinski definition) is 1. The minimum absolute atomic E-state index is 0.128. The van der Waals surface area contributed by atoms with Gasteiger partial charge >= 0.3 is 0 Å². The minimum atomic E-state index is -4.33. The molecule has 2 amide bonds. The average Bonchev–Trinajstić information content (AvgIpc) is 2.93. The van der Waals surface area contributed by atoms with Crippen LogP contribution in [0.15, 0.2) is 65.6 Å². The molecule has 11 heteroatoms. The van der Waals surface area contributed by atoms with Crippen molar-refractivity contribution in [3.8, 4) is 11.5 Å². The second-order valence-electron chi connectivity index (χ2n) is 9.28. The third-order valence-electron chi connectivity index (χ3n) is 6.43. The molecule has 0 radical (unpaired) electrons. The molecule has 1 N–H and O–H groups in total. The molecule has 0 saturated heterocycles. The second kappa shape index (κ2) is 12.8. The monoisotopic (exact) mass is 571 g/mol. The van der Waals surface area contributed by atoms with Gasteiger partial charge in [0.15, 0.2) is 11.5 Å². The Bertz CT molecular complexity index is 1470. The summed E-state index contributed by atoms with van der Waals surface area (Å²) in [5.41, 5.74) is 2.03. The number of anilines is 1. The number of sulfonamides is 1. The van der Waals surface area contributed by atoms with Gasteiger partial charge in [0.25, 0.3) is 10.0 Å². The lowest BCUT2D eigenvalue weighted by molar-refractivity contribution is -0.139. The summed E-state index contributed by atoms with van der Waals surface area (Å²) in [7, 11) is -0.0822. The molecule has 0 aliphatic rings. The summed E-state index contributed by atoms with van der Waals surface area (Å²) in [4.78, 5) is 27.5. The Kier molecular flexibility index (Phi) is 9.75. The van der Waals surface area contributed by atoms with Crippen LogP contribution in [0.2, 0.25) is 0 Å². The number of halogens is 1. The van der Waals surface area contributed by atoms with Gasteiger partial charge in [-0.1, -0.05) is 24.3 Å². The molecule has 0 aliphatic heterocycles. The maximum absolute atomic E-state index is 14.6. The van der Waals surface area contributed by atoms with E-state index in [9.17, 15) is 22.4 Å². The highest BCUT2D eigenvalue weighted by Gasteiger charge is 2.33. The molecular weight excluding hydrogens is 537 g/mol. The molecule has 9 nitrogen and oxygen atoms in total. The fourth-order valence-electron chi connectivity index (χ4n) is 4.33. The molecule has 40 heavy (non-hydrogen) atoms. The largest absolute Gasteiger partial charge is 0.493 e. The van der Waals surface area contributed by atoms with Crippen LogP contribution in [-0.4, -0.2) is 59.0 Å². The number of nitrogens with zero attached hydrogens (tertiary/aromatic N) is 2. The van der Waals surface area contributed by atoms with Crippen LogP contribution in [0.25, 0.3) is 0 Å². The van der Waals surface area contributed by atoms with Gasteiger partial charge < -0.3 is 19.7 Å². The van der Waals surface area contributed by atoms with Crippen molar-refractivity contribution in [3.63, 3.8) is 0 Å². The number of carbonyl (C=O) groups is 2. The van der Waals surface area contributed by atoms with Crippen LogP contribution >= 0.6 is 0 Å². The van der Waals surface area contributed by atoms with E-state index >= 15 is 0 Å². The standard InChI is InChI=1S/C29H34FN3O6S/c1-19-13-20(2)15-23(14-19)33(40(36,37)24-11-12-26(38-5)27(16-24)39-6)18-28(34)32(21(3)29(35)31-4)17-22-9-7-8-10-25(22)30/h7-16,21H,17-18H2,1-6H3,(H,31,35)/t21-/m0/s1. The second-order valence-corrected chi connectivity index (χ2v) is 11.1. The zero-order valence-electron chi connectivity index (χ0n) is 23.4. The van der Waals surface area contributed by atoms with Crippen LogP contribution in [0, 0.1) is 19.7 Å². The lowest BCUT2D eigenvalue weighted by Gasteiger charge is -2.32. The normalized spacial score (nSPS) is 11.9. The molecule has 0 fully saturated rings. The summed E-state index contributed by atoms with van der Waals surface area (Å²) in [6.07, 6.45) is 0. The molecule has 0 bridgehead atoms. The molecule has 0 spiro atoms. The molecule has 3 aromatic carbocycles. The van der Waals surface area contributed by atoms with E-state index in [-0.39, 0.29) is 28.4 Å². The van der Waals surface area contributed by atoms with E-state index in [2.05, 4.69) is 5.32 Å². The molecule has 214 valence electrons. The Morgan fingerprint density at radius 1 is 0.950 bits per heavy atom. The van der Waals surface area contributed by atoms with Gasteiger partial charge in [0.05, 0.1) is 24.8 Å². The van der Waals surface area contributed by atoms with Crippen molar-refractivity contribution in [2.24, 2.45) is 0 Å². The summed E-state index contributed by atoms with van der Waals surface area (Å²) in [6.45, 7) is 4.25. The van der Waals surface area contributed by atoms with E-state index in [1.54, 1.807) is 18.2 Å². The third-order valence-corrected chi connectivity index (χ3v) is 8.20. The first-order valence-corrected chi connectivity index (χ1v) is 13.9. The van der Waals surface area contributed by atoms with E-state index < -0.39 is 40.2 Å². The zero-order valence-corrected chi connectivity index (χ0v) is 24.2. The highest BCUT2D eigenvalue weighted by molar-refractivity contribution is 7.92. The fraction of sp³-hybridized carbons (Fsp3) is 0.310. The van der Waals surface area contributed by atoms with Gasteiger partial charge in [-0.3, -0.25) is 13.9 Å². The Morgan fingerprint density at radius 3 is 2.15 bits per heavy atom. The molecular formula is C29H34FN3O6S. The number of likely N-dealkylation sites (N-methyl/N-ethyl adjacent to an activating group) is 1. The number of amides is 2.